The zero-order chi connectivity index (χ0) is 17.5. The molecule has 3 heterocycles. The highest BCUT2D eigenvalue weighted by Crippen LogP contribution is 2.19. The van der Waals surface area contributed by atoms with E-state index < -0.39 is 0 Å². The van der Waals surface area contributed by atoms with E-state index in [4.69, 9.17) is 0 Å². The summed E-state index contributed by atoms with van der Waals surface area (Å²) < 4.78 is 0. The van der Waals surface area contributed by atoms with Crippen LogP contribution >= 0.6 is 0 Å². The van der Waals surface area contributed by atoms with Crippen molar-refractivity contribution in [2.45, 2.75) is 25.8 Å². The average molecular weight is 338 g/mol. The van der Waals surface area contributed by atoms with Crippen LogP contribution in [0.3, 0.4) is 0 Å². The molecular weight excluding hydrogens is 312 g/mol. The lowest BCUT2D eigenvalue weighted by atomic mass is 10.1. The fraction of sp³-hybridized carbons (Fsp3) is 0.450. The maximum atomic E-state index is 12.4. The summed E-state index contributed by atoms with van der Waals surface area (Å²) in [5.74, 6) is 0.834. The molecule has 5 nitrogen and oxygen atoms in total. The minimum atomic E-state index is 0.272. The first-order chi connectivity index (χ1) is 12.2. The lowest BCUT2D eigenvalue weighted by Crippen LogP contribution is -2.31. The van der Waals surface area contributed by atoms with Gasteiger partial charge in [0.1, 0.15) is 0 Å². The third-order valence-electron chi connectivity index (χ3n) is 4.76. The van der Waals surface area contributed by atoms with E-state index in [-0.39, 0.29) is 5.91 Å². The second-order valence-electron chi connectivity index (χ2n) is 6.91. The largest absolute Gasteiger partial charge is 0.342 e. The number of carbonyl (C=O) groups is 1. The van der Waals surface area contributed by atoms with Gasteiger partial charge in [-0.25, -0.2) is 0 Å². The SMILES string of the molecule is CN(Cc1cccnc1)C[C@H]1CCN(C(=O)CCc2ccncc2)C1. The number of hydrogen-bond donors (Lipinski definition) is 0. The Kier molecular flexibility index (Phi) is 6.12. The fourth-order valence-corrected chi connectivity index (χ4v) is 3.48. The number of nitrogens with zero attached hydrogens (tertiary/aromatic N) is 4. The quantitative estimate of drug-likeness (QED) is 0.778. The van der Waals surface area contributed by atoms with Crippen molar-refractivity contribution in [2.75, 3.05) is 26.7 Å². The molecule has 1 atom stereocenters. The van der Waals surface area contributed by atoms with Crippen LogP contribution in [-0.4, -0.2) is 52.4 Å². The Labute approximate surface area is 149 Å². The van der Waals surface area contributed by atoms with Gasteiger partial charge in [-0.05, 0) is 55.1 Å². The molecular formula is C20H26N4O. The molecule has 0 saturated carbocycles. The molecule has 0 aromatic carbocycles. The van der Waals surface area contributed by atoms with E-state index in [1.165, 1.54) is 11.1 Å². The number of likely N-dealkylation sites (tertiary alicyclic amines) is 1. The van der Waals surface area contributed by atoms with E-state index in [2.05, 4.69) is 28.0 Å². The lowest BCUT2D eigenvalue weighted by Gasteiger charge is -2.21. The van der Waals surface area contributed by atoms with Gasteiger partial charge in [-0.1, -0.05) is 6.07 Å². The number of hydrogen-bond acceptors (Lipinski definition) is 4. The zero-order valence-electron chi connectivity index (χ0n) is 14.8. The molecule has 2 aromatic heterocycles. The summed E-state index contributed by atoms with van der Waals surface area (Å²) in [6.45, 7) is 3.69. The molecule has 132 valence electrons. The monoisotopic (exact) mass is 338 g/mol. The predicted molar refractivity (Wildman–Crippen MR) is 97.8 cm³/mol. The molecule has 1 aliphatic heterocycles. The number of pyridine rings is 2. The van der Waals surface area contributed by atoms with Gasteiger partial charge >= 0.3 is 0 Å². The molecule has 0 bridgehead atoms. The normalized spacial score (nSPS) is 17.2. The van der Waals surface area contributed by atoms with Crippen molar-refractivity contribution in [1.82, 2.24) is 19.8 Å². The van der Waals surface area contributed by atoms with Crippen LogP contribution in [0.15, 0.2) is 49.1 Å². The molecule has 0 unspecified atom stereocenters. The first-order valence-corrected chi connectivity index (χ1v) is 8.95. The van der Waals surface area contributed by atoms with E-state index in [1.807, 2.05) is 29.3 Å². The summed E-state index contributed by atoms with van der Waals surface area (Å²) in [6.07, 6.45) is 9.76. The highest BCUT2D eigenvalue weighted by atomic mass is 16.2. The minimum absolute atomic E-state index is 0.272. The van der Waals surface area contributed by atoms with Crippen molar-refractivity contribution >= 4 is 5.91 Å². The highest BCUT2D eigenvalue weighted by molar-refractivity contribution is 5.76. The molecule has 1 aliphatic rings. The van der Waals surface area contributed by atoms with E-state index in [1.54, 1.807) is 18.6 Å². The third kappa shape index (κ3) is 5.36. The van der Waals surface area contributed by atoms with Crippen LogP contribution in [0.4, 0.5) is 0 Å². The van der Waals surface area contributed by atoms with E-state index in [0.717, 1.165) is 39.0 Å². The van der Waals surface area contributed by atoms with Gasteiger partial charge in [-0.15, -0.1) is 0 Å². The van der Waals surface area contributed by atoms with Crippen molar-refractivity contribution in [3.05, 3.63) is 60.2 Å². The molecule has 25 heavy (non-hydrogen) atoms. The van der Waals surface area contributed by atoms with Crippen molar-refractivity contribution < 1.29 is 4.79 Å². The van der Waals surface area contributed by atoms with Crippen LogP contribution < -0.4 is 0 Å². The maximum absolute atomic E-state index is 12.4. The summed E-state index contributed by atoms with van der Waals surface area (Å²) in [6, 6.07) is 8.04. The smallest absolute Gasteiger partial charge is 0.222 e. The summed E-state index contributed by atoms with van der Waals surface area (Å²) >= 11 is 0. The molecule has 1 amide bonds. The number of aromatic nitrogens is 2. The van der Waals surface area contributed by atoms with Crippen molar-refractivity contribution in [3.8, 4) is 0 Å². The van der Waals surface area contributed by atoms with Gasteiger partial charge < -0.3 is 9.80 Å². The van der Waals surface area contributed by atoms with Crippen molar-refractivity contribution in [2.24, 2.45) is 5.92 Å². The number of aryl methyl sites for hydroxylation is 1. The Bertz CT molecular complexity index is 662. The molecule has 0 N–H and O–H groups in total. The fourth-order valence-electron chi connectivity index (χ4n) is 3.48. The summed E-state index contributed by atoms with van der Waals surface area (Å²) in [5, 5.41) is 0. The molecule has 1 saturated heterocycles. The molecule has 1 fully saturated rings. The number of carbonyl (C=O) groups excluding carboxylic acids is 1. The first-order valence-electron chi connectivity index (χ1n) is 8.95. The summed E-state index contributed by atoms with van der Waals surface area (Å²) in [5.41, 5.74) is 2.41. The second-order valence-corrected chi connectivity index (χ2v) is 6.91. The van der Waals surface area contributed by atoms with Crippen molar-refractivity contribution in [1.29, 1.82) is 0 Å². The van der Waals surface area contributed by atoms with Crippen molar-refractivity contribution in [3.63, 3.8) is 0 Å². The topological polar surface area (TPSA) is 49.3 Å². The number of amides is 1. The van der Waals surface area contributed by atoms with Gasteiger partial charge in [0, 0.05) is 57.4 Å². The molecule has 2 aromatic rings. The second kappa shape index (κ2) is 8.72. The van der Waals surface area contributed by atoms with Gasteiger partial charge in [0.05, 0.1) is 0 Å². The maximum Gasteiger partial charge on any atom is 0.222 e. The Hall–Kier alpha value is -2.27. The first kappa shape index (κ1) is 17.5. The van der Waals surface area contributed by atoms with Crippen LogP contribution in [0.1, 0.15) is 24.0 Å². The van der Waals surface area contributed by atoms with E-state index in [0.29, 0.717) is 12.3 Å². The van der Waals surface area contributed by atoms with Gasteiger partial charge in [-0.2, -0.15) is 0 Å². The Morgan fingerprint density at radius 1 is 1.20 bits per heavy atom. The summed E-state index contributed by atoms with van der Waals surface area (Å²) in [7, 11) is 2.14. The van der Waals surface area contributed by atoms with Gasteiger partial charge in [-0.3, -0.25) is 14.8 Å². The molecule has 3 rings (SSSR count). The Morgan fingerprint density at radius 2 is 2.04 bits per heavy atom. The average Bonchev–Trinajstić information content (AvgIpc) is 3.10. The highest BCUT2D eigenvalue weighted by Gasteiger charge is 2.26. The Morgan fingerprint density at radius 3 is 2.80 bits per heavy atom. The van der Waals surface area contributed by atoms with Crippen LogP contribution in [0, 0.1) is 5.92 Å². The van der Waals surface area contributed by atoms with Gasteiger partial charge in [0.25, 0.3) is 0 Å². The lowest BCUT2D eigenvalue weighted by molar-refractivity contribution is -0.130. The Balaban J connectivity index is 1.41. The molecule has 5 heteroatoms. The standard InChI is InChI=1S/C20H26N4O/c1-23(14-18-3-2-9-22-13-18)15-19-8-12-24(16-19)20(25)5-4-17-6-10-21-11-7-17/h2-3,6-7,9-11,13,19H,4-5,8,12,14-16H2,1H3/t19-/m1/s1. The van der Waals surface area contributed by atoms with Gasteiger partial charge in [0.2, 0.25) is 5.91 Å². The van der Waals surface area contributed by atoms with Gasteiger partial charge in [0.15, 0.2) is 0 Å². The molecule has 0 radical (unpaired) electrons. The van der Waals surface area contributed by atoms with Crippen LogP contribution in [0.5, 0.6) is 0 Å². The summed E-state index contributed by atoms with van der Waals surface area (Å²) in [4.78, 5) is 25.0. The predicted octanol–water partition coefficient (Wildman–Crippen LogP) is 2.39. The molecule has 0 spiro atoms. The van der Waals surface area contributed by atoms with E-state index in [9.17, 15) is 4.79 Å². The minimum Gasteiger partial charge on any atom is -0.342 e. The third-order valence-corrected chi connectivity index (χ3v) is 4.76. The van der Waals surface area contributed by atoms with E-state index >= 15 is 0 Å². The number of rotatable bonds is 7. The molecule has 0 aliphatic carbocycles. The van der Waals surface area contributed by atoms with Crippen LogP contribution in [0.25, 0.3) is 0 Å². The zero-order valence-corrected chi connectivity index (χ0v) is 14.8. The van der Waals surface area contributed by atoms with Crippen LogP contribution in [0.2, 0.25) is 0 Å². The van der Waals surface area contributed by atoms with Crippen LogP contribution in [-0.2, 0) is 17.8 Å².